The Balaban J connectivity index is 2.18. The predicted molar refractivity (Wildman–Crippen MR) is 38.4 cm³/mol. The molecule has 0 amide bonds. The van der Waals surface area contributed by atoms with Gasteiger partial charge >= 0.3 is 0 Å². The second kappa shape index (κ2) is 3.23. The topological polar surface area (TPSA) is 29.5 Å². The molecule has 1 fully saturated rings. The summed E-state index contributed by atoms with van der Waals surface area (Å²) in [7, 11) is 2.17. The lowest BCUT2D eigenvalue weighted by molar-refractivity contribution is -0.0166. The Hall–Kier alpha value is -0.0151. The fraction of sp³-hybridized carbons (Fsp3) is 1.00. The zero-order valence-corrected chi connectivity index (χ0v) is 5.84. The van der Waals surface area contributed by atoms with Crippen molar-refractivity contribution in [1.82, 2.24) is 0 Å². The van der Waals surface area contributed by atoms with Gasteiger partial charge in [0.1, 0.15) is 7.85 Å². The molecule has 9 heavy (non-hydrogen) atoms. The molecule has 0 saturated carbocycles. The van der Waals surface area contributed by atoms with Crippen molar-refractivity contribution in [3.63, 3.8) is 0 Å². The van der Waals surface area contributed by atoms with E-state index in [0.717, 1.165) is 13.0 Å². The number of ether oxygens (including phenoxy) is 1. The van der Waals surface area contributed by atoms with Crippen LogP contribution in [0.15, 0.2) is 0 Å². The van der Waals surface area contributed by atoms with E-state index in [1.807, 2.05) is 0 Å². The van der Waals surface area contributed by atoms with Crippen molar-refractivity contribution in [3.05, 3.63) is 0 Å². The molecule has 0 aromatic heterocycles. The third kappa shape index (κ3) is 1.99. The van der Waals surface area contributed by atoms with Gasteiger partial charge in [0.15, 0.2) is 0 Å². The summed E-state index contributed by atoms with van der Waals surface area (Å²) in [5.74, 6) is 0.688. The van der Waals surface area contributed by atoms with Gasteiger partial charge in [-0.2, -0.15) is 0 Å². The van der Waals surface area contributed by atoms with E-state index in [2.05, 4.69) is 7.85 Å². The quantitative estimate of drug-likeness (QED) is 0.486. The van der Waals surface area contributed by atoms with Gasteiger partial charge in [0, 0.05) is 6.61 Å². The molecule has 1 N–H and O–H groups in total. The van der Waals surface area contributed by atoms with E-state index < -0.39 is 0 Å². The van der Waals surface area contributed by atoms with Gasteiger partial charge in [0.25, 0.3) is 0 Å². The van der Waals surface area contributed by atoms with Gasteiger partial charge in [-0.25, -0.2) is 0 Å². The first-order valence-electron chi connectivity index (χ1n) is 3.55. The van der Waals surface area contributed by atoms with Crippen molar-refractivity contribution in [1.29, 1.82) is 0 Å². The molecule has 0 aromatic carbocycles. The first kappa shape index (κ1) is 7.10. The minimum absolute atomic E-state index is 0.126. The highest BCUT2D eigenvalue weighted by Crippen LogP contribution is 2.19. The SMILES string of the molecule is B[C@H]1CC[C@@H](CO)OC1. The molecule has 2 atom stereocenters. The van der Waals surface area contributed by atoms with Crippen LogP contribution in [0.4, 0.5) is 0 Å². The highest BCUT2D eigenvalue weighted by molar-refractivity contribution is 6.11. The van der Waals surface area contributed by atoms with E-state index in [1.165, 1.54) is 6.42 Å². The van der Waals surface area contributed by atoms with Crippen LogP contribution in [0.3, 0.4) is 0 Å². The van der Waals surface area contributed by atoms with Crippen LogP contribution in [0, 0.1) is 0 Å². The van der Waals surface area contributed by atoms with Crippen molar-refractivity contribution in [2.45, 2.75) is 24.8 Å². The minimum atomic E-state index is 0.126. The third-order valence-electron chi connectivity index (χ3n) is 1.80. The van der Waals surface area contributed by atoms with E-state index >= 15 is 0 Å². The molecule has 0 spiro atoms. The molecule has 52 valence electrons. The Labute approximate surface area is 56.6 Å². The van der Waals surface area contributed by atoms with Crippen LogP contribution in [0.5, 0.6) is 0 Å². The standard InChI is InChI=1S/C6H13BO2/c7-5-1-2-6(3-8)9-4-5/h5-6,8H,1-4,7H2/t5-,6-/m0/s1. The molecule has 3 heteroatoms. The zero-order chi connectivity index (χ0) is 6.69. The highest BCUT2D eigenvalue weighted by atomic mass is 16.5. The summed E-state index contributed by atoms with van der Waals surface area (Å²) < 4.78 is 5.29. The van der Waals surface area contributed by atoms with Crippen LogP contribution < -0.4 is 0 Å². The number of hydrogen-bond donors (Lipinski definition) is 1. The molecule has 0 unspecified atom stereocenters. The Morgan fingerprint density at radius 2 is 2.33 bits per heavy atom. The molecule has 0 aliphatic carbocycles. The molecular formula is C6H13BO2. The zero-order valence-electron chi connectivity index (χ0n) is 5.84. The van der Waals surface area contributed by atoms with Gasteiger partial charge in [-0.3, -0.25) is 0 Å². The van der Waals surface area contributed by atoms with Crippen LogP contribution in [-0.4, -0.2) is 32.3 Å². The molecule has 2 nitrogen and oxygen atoms in total. The monoisotopic (exact) mass is 128 g/mol. The number of aliphatic hydroxyl groups excluding tert-OH is 1. The summed E-state index contributed by atoms with van der Waals surface area (Å²) in [5, 5.41) is 8.65. The average Bonchev–Trinajstić information content (AvgIpc) is 1.90. The molecule has 1 rings (SSSR count). The molecule has 1 saturated heterocycles. The van der Waals surface area contributed by atoms with Crippen LogP contribution in [0.2, 0.25) is 5.82 Å². The number of rotatable bonds is 1. The van der Waals surface area contributed by atoms with E-state index in [0.29, 0.717) is 5.82 Å². The summed E-state index contributed by atoms with van der Waals surface area (Å²) in [4.78, 5) is 0. The van der Waals surface area contributed by atoms with E-state index in [9.17, 15) is 0 Å². The van der Waals surface area contributed by atoms with Crippen molar-refractivity contribution >= 4 is 7.85 Å². The molecule has 1 aliphatic heterocycles. The average molecular weight is 128 g/mol. The summed E-state index contributed by atoms with van der Waals surface area (Å²) >= 11 is 0. The largest absolute Gasteiger partial charge is 0.394 e. The predicted octanol–water partition coefficient (Wildman–Crippen LogP) is -0.421. The Morgan fingerprint density at radius 1 is 1.56 bits per heavy atom. The summed E-state index contributed by atoms with van der Waals surface area (Å²) in [6.45, 7) is 1.01. The minimum Gasteiger partial charge on any atom is -0.394 e. The fourth-order valence-electron chi connectivity index (χ4n) is 1.08. The summed E-state index contributed by atoms with van der Waals surface area (Å²) in [5.41, 5.74) is 0. The van der Waals surface area contributed by atoms with Crippen LogP contribution in [0.25, 0.3) is 0 Å². The molecule has 1 aliphatic rings. The van der Waals surface area contributed by atoms with E-state index in [1.54, 1.807) is 0 Å². The van der Waals surface area contributed by atoms with E-state index in [4.69, 9.17) is 9.84 Å². The second-order valence-corrected chi connectivity index (χ2v) is 2.82. The van der Waals surface area contributed by atoms with Crippen molar-refractivity contribution in [2.75, 3.05) is 13.2 Å². The Bertz CT molecular complexity index is 79.1. The normalized spacial score (nSPS) is 36.6. The molecule has 0 aromatic rings. The van der Waals surface area contributed by atoms with Crippen LogP contribution in [-0.2, 0) is 4.74 Å². The van der Waals surface area contributed by atoms with Gasteiger partial charge in [-0.1, -0.05) is 6.42 Å². The fourth-order valence-corrected chi connectivity index (χ4v) is 1.08. The second-order valence-electron chi connectivity index (χ2n) is 2.82. The van der Waals surface area contributed by atoms with Gasteiger partial charge in [-0.05, 0) is 12.2 Å². The number of hydrogen-bond acceptors (Lipinski definition) is 2. The molecule has 0 bridgehead atoms. The lowest BCUT2D eigenvalue weighted by atomic mass is 9.82. The molecule has 0 radical (unpaired) electrons. The maximum Gasteiger partial charge on any atom is 0.108 e. The molecule has 1 heterocycles. The third-order valence-corrected chi connectivity index (χ3v) is 1.80. The van der Waals surface area contributed by atoms with Crippen LogP contribution >= 0.6 is 0 Å². The summed E-state index contributed by atoms with van der Waals surface area (Å²) in [6.07, 6.45) is 2.35. The van der Waals surface area contributed by atoms with Crippen molar-refractivity contribution in [3.8, 4) is 0 Å². The van der Waals surface area contributed by atoms with Gasteiger partial charge in [0.05, 0.1) is 12.7 Å². The van der Waals surface area contributed by atoms with Gasteiger partial charge < -0.3 is 9.84 Å². The lowest BCUT2D eigenvalue weighted by Crippen LogP contribution is -2.25. The van der Waals surface area contributed by atoms with Gasteiger partial charge in [-0.15, -0.1) is 0 Å². The number of aliphatic hydroxyl groups is 1. The maximum atomic E-state index is 8.65. The summed E-state index contributed by atoms with van der Waals surface area (Å²) in [6, 6.07) is 0. The van der Waals surface area contributed by atoms with E-state index in [-0.39, 0.29) is 12.7 Å². The van der Waals surface area contributed by atoms with Crippen molar-refractivity contribution in [2.24, 2.45) is 0 Å². The van der Waals surface area contributed by atoms with Crippen LogP contribution in [0.1, 0.15) is 12.8 Å². The van der Waals surface area contributed by atoms with Crippen molar-refractivity contribution < 1.29 is 9.84 Å². The smallest absolute Gasteiger partial charge is 0.108 e. The molecular weight excluding hydrogens is 115 g/mol. The lowest BCUT2D eigenvalue weighted by Gasteiger charge is -2.25. The van der Waals surface area contributed by atoms with Gasteiger partial charge in [0.2, 0.25) is 0 Å². The Morgan fingerprint density at radius 3 is 2.78 bits per heavy atom. The first-order valence-corrected chi connectivity index (χ1v) is 3.55. The highest BCUT2D eigenvalue weighted by Gasteiger charge is 2.16. The maximum absolute atomic E-state index is 8.65. The Kier molecular flexibility index (Phi) is 2.55. The first-order chi connectivity index (χ1) is 4.33.